The van der Waals surface area contributed by atoms with Gasteiger partial charge in [-0.2, -0.15) is 0 Å². The van der Waals surface area contributed by atoms with Crippen LogP contribution in [-0.4, -0.2) is 69.4 Å². The van der Waals surface area contributed by atoms with E-state index in [0.717, 1.165) is 64.2 Å². The number of amides is 1. The van der Waals surface area contributed by atoms with Gasteiger partial charge in [0.1, 0.15) is 19.3 Å². The summed E-state index contributed by atoms with van der Waals surface area (Å²) in [6.45, 7) is 6.66. The van der Waals surface area contributed by atoms with Crippen LogP contribution in [0.1, 0.15) is 233 Å². The van der Waals surface area contributed by atoms with E-state index in [0.29, 0.717) is 23.9 Å². The van der Waals surface area contributed by atoms with E-state index in [-0.39, 0.29) is 24.9 Å². The lowest BCUT2D eigenvalue weighted by atomic mass is 10.0. The van der Waals surface area contributed by atoms with Crippen molar-refractivity contribution in [2.24, 2.45) is 0 Å². The molecule has 0 rings (SSSR count). The van der Waals surface area contributed by atoms with Crippen LogP contribution in [-0.2, 0) is 27.9 Å². The predicted molar refractivity (Wildman–Crippen MR) is 298 cm³/mol. The maximum absolute atomic E-state index is 13.5. The van der Waals surface area contributed by atoms with Crippen LogP contribution < -0.4 is 10.2 Å². The number of carbonyl (C=O) groups is 2. The molecule has 3 atom stereocenters. The summed E-state index contributed by atoms with van der Waals surface area (Å²) in [5, 5.41) is 3.01. The van der Waals surface area contributed by atoms with Gasteiger partial charge in [-0.15, -0.1) is 0 Å². The van der Waals surface area contributed by atoms with Crippen LogP contribution in [0.3, 0.4) is 0 Å². The van der Waals surface area contributed by atoms with Gasteiger partial charge in [0, 0.05) is 12.8 Å². The number of hydrogen-bond acceptors (Lipinski definition) is 7. The van der Waals surface area contributed by atoms with E-state index in [9.17, 15) is 19.0 Å². The number of unbranched alkanes of at least 4 members (excludes halogenated alkanes) is 27. The van der Waals surface area contributed by atoms with E-state index >= 15 is 0 Å². The van der Waals surface area contributed by atoms with Crippen molar-refractivity contribution in [2.75, 3.05) is 40.9 Å². The number of esters is 1. The van der Waals surface area contributed by atoms with Gasteiger partial charge in [-0.25, -0.2) is 0 Å². The second-order valence-corrected chi connectivity index (χ2v) is 21.6. The first-order valence-electron chi connectivity index (χ1n) is 28.5. The van der Waals surface area contributed by atoms with Crippen LogP contribution in [0.4, 0.5) is 0 Å². The van der Waals surface area contributed by atoms with Crippen LogP contribution >= 0.6 is 7.82 Å². The molecule has 0 aromatic rings. The highest BCUT2D eigenvalue weighted by Gasteiger charge is 2.27. The standard InChI is InChI=1S/C60H107N2O7P/c1-7-10-13-16-19-22-25-28-30-31-32-35-38-41-44-47-50-53-60(64)69-58(51-48-45-42-39-36-33-27-24-21-18-15-12-9-3)57(56-68-70(65,66)67-55-54-62(4,5)6)61-59(63)52-49-46-43-40-37-34-29-26-23-20-17-14-11-8-2/h10,13,16,19,22,25,28,30-32,35,38,48,51,57-58H,7-9,11-12,14-15,17-18,20-21,23-24,26-27,29,33-34,36-37,39-47,49-50,52-56H2,1-6H3,(H-,61,63,65,66)/b13-10-,19-16+,25-22+,30-28-,32-31+,38-35+,51-48+. The summed E-state index contributed by atoms with van der Waals surface area (Å²) >= 11 is 0. The molecule has 0 saturated carbocycles. The Bertz CT molecular complexity index is 1480. The third kappa shape index (κ3) is 50.1. The summed E-state index contributed by atoms with van der Waals surface area (Å²) < 4.78 is 30.2. The highest BCUT2D eigenvalue weighted by molar-refractivity contribution is 7.45. The first kappa shape index (κ1) is 67.2. The summed E-state index contributed by atoms with van der Waals surface area (Å²) in [6, 6.07) is -0.908. The molecular formula is C60H107N2O7P. The van der Waals surface area contributed by atoms with Gasteiger partial charge in [-0.05, 0) is 51.0 Å². The molecule has 0 aliphatic rings. The molecule has 0 bridgehead atoms. The molecule has 0 aliphatic carbocycles. The number of quaternary nitrogens is 1. The third-order valence-corrected chi connectivity index (χ3v) is 13.2. The quantitative estimate of drug-likeness (QED) is 0.0161. The minimum atomic E-state index is -4.71. The topological polar surface area (TPSA) is 114 Å². The van der Waals surface area contributed by atoms with Gasteiger partial charge < -0.3 is 28.5 Å². The molecule has 9 nitrogen and oxygen atoms in total. The van der Waals surface area contributed by atoms with Crippen molar-refractivity contribution >= 4 is 19.7 Å². The molecule has 0 aromatic carbocycles. The maximum atomic E-state index is 13.5. The van der Waals surface area contributed by atoms with Crippen LogP contribution in [0.5, 0.6) is 0 Å². The molecule has 0 spiro atoms. The number of phosphoric acid groups is 1. The number of likely N-dealkylation sites (N-methyl/N-ethyl adjacent to an activating group) is 1. The molecule has 0 radical (unpaired) electrons. The molecule has 1 amide bonds. The molecule has 0 saturated heterocycles. The van der Waals surface area contributed by atoms with Crippen molar-refractivity contribution in [3.05, 3.63) is 85.1 Å². The SMILES string of the molecule is CC\C=C/C=C/C=C/C=C\C=C\C=C\CCCCCC(=O)OC(/C=C/CCCCCCCCCCCCC)C(COP(=O)([O-])OCC[N+](C)(C)C)NC(=O)CCCCCCCCCCCCCCCC. The van der Waals surface area contributed by atoms with E-state index in [1.807, 2.05) is 94.1 Å². The van der Waals surface area contributed by atoms with Crippen LogP contribution in [0, 0.1) is 0 Å². The molecule has 0 fully saturated rings. The molecule has 1 N–H and O–H groups in total. The van der Waals surface area contributed by atoms with Crippen molar-refractivity contribution < 1.29 is 37.3 Å². The lowest BCUT2D eigenvalue weighted by Crippen LogP contribution is -2.47. The third-order valence-electron chi connectivity index (χ3n) is 12.3. The number of nitrogens with one attached hydrogen (secondary N) is 1. The number of nitrogens with zero attached hydrogens (tertiary/aromatic N) is 1. The van der Waals surface area contributed by atoms with Gasteiger partial charge in [0.2, 0.25) is 5.91 Å². The lowest BCUT2D eigenvalue weighted by Gasteiger charge is -2.30. The first-order chi connectivity index (χ1) is 33.9. The number of phosphoric ester groups is 1. The average molecular weight is 999 g/mol. The molecule has 0 heterocycles. The number of hydrogen-bond donors (Lipinski definition) is 1. The molecule has 0 aromatic heterocycles. The zero-order chi connectivity index (χ0) is 51.5. The van der Waals surface area contributed by atoms with Crippen molar-refractivity contribution in [2.45, 2.75) is 245 Å². The Kier molecular flexibility index (Phi) is 47.8. The highest BCUT2D eigenvalue weighted by Crippen LogP contribution is 2.38. The van der Waals surface area contributed by atoms with E-state index in [2.05, 4.69) is 38.2 Å². The number of carbonyl (C=O) groups excluding carboxylic acids is 2. The Morgan fingerprint density at radius 1 is 0.514 bits per heavy atom. The van der Waals surface area contributed by atoms with Crippen LogP contribution in [0.2, 0.25) is 0 Å². The molecule has 10 heteroatoms. The smallest absolute Gasteiger partial charge is 0.306 e. The Labute approximate surface area is 431 Å². The minimum Gasteiger partial charge on any atom is -0.756 e. The number of allylic oxidation sites excluding steroid dienone is 13. The molecule has 3 unspecified atom stereocenters. The number of ether oxygens (including phenoxy) is 1. The summed E-state index contributed by atoms with van der Waals surface area (Å²) in [4.78, 5) is 39.8. The van der Waals surface area contributed by atoms with Gasteiger partial charge in [-0.3, -0.25) is 14.2 Å². The molecule has 0 aliphatic heterocycles. The Hall–Kier alpha value is -2.81. The van der Waals surface area contributed by atoms with Gasteiger partial charge in [0.25, 0.3) is 7.82 Å². The van der Waals surface area contributed by atoms with E-state index in [1.165, 1.54) is 128 Å². The van der Waals surface area contributed by atoms with E-state index in [1.54, 1.807) is 0 Å². The maximum Gasteiger partial charge on any atom is 0.306 e. The normalized spacial score (nSPS) is 14.4. The predicted octanol–water partition coefficient (Wildman–Crippen LogP) is 16.4. The summed E-state index contributed by atoms with van der Waals surface area (Å²) in [6.07, 6.45) is 64.0. The van der Waals surface area contributed by atoms with Gasteiger partial charge in [-0.1, -0.05) is 254 Å². The molecule has 404 valence electrons. The fraction of sp³-hybridized carbons (Fsp3) is 0.733. The second-order valence-electron chi connectivity index (χ2n) is 20.2. The summed E-state index contributed by atoms with van der Waals surface area (Å²) in [5.74, 6) is -0.592. The molecular weight excluding hydrogens is 892 g/mol. The lowest BCUT2D eigenvalue weighted by molar-refractivity contribution is -0.870. The van der Waals surface area contributed by atoms with Crippen molar-refractivity contribution in [1.29, 1.82) is 0 Å². The van der Waals surface area contributed by atoms with Crippen LogP contribution in [0.25, 0.3) is 0 Å². The van der Waals surface area contributed by atoms with Gasteiger partial charge in [0.15, 0.2) is 0 Å². The summed E-state index contributed by atoms with van der Waals surface area (Å²) in [7, 11) is 1.15. The Morgan fingerprint density at radius 3 is 1.39 bits per heavy atom. The zero-order valence-electron chi connectivity index (χ0n) is 45.9. The second kappa shape index (κ2) is 49.8. The monoisotopic (exact) mass is 999 g/mol. The van der Waals surface area contributed by atoms with Crippen molar-refractivity contribution in [3.8, 4) is 0 Å². The fourth-order valence-corrected chi connectivity index (χ4v) is 8.57. The van der Waals surface area contributed by atoms with Gasteiger partial charge >= 0.3 is 5.97 Å². The largest absolute Gasteiger partial charge is 0.756 e. The van der Waals surface area contributed by atoms with E-state index in [4.69, 9.17) is 13.8 Å². The fourth-order valence-electron chi connectivity index (χ4n) is 7.85. The van der Waals surface area contributed by atoms with Crippen molar-refractivity contribution in [1.82, 2.24) is 5.32 Å². The number of rotatable bonds is 50. The minimum absolute atomic E-state index is 0.0324. The average Bonchev–Trinajstić information content (AvgIpc) is 3.32. The zero-order valence-corrected chi connectivity index (χ0v) is 46.8. The molecule has 70 heavy (non-hydrogen) atoms. The van der Waals surface area contributed by atoms with Gasteiger partial charge in [0.05, 0.1) is 33.8 Å². The first-order valence-corrected chi connectivity index (χ1v) is 29.9. The van der Waals surface area contributed by atoms with E-state index < -0.39 is 26.6 Å². The summed E-state index contributed by atoms with van der Waals surface area (Å²) in [5.41, 5.74) is 0. The van der Waals surface area contributed by atoms with Crippen molar-refractivity contribution in [3.63, 3.8) is 0 Å². The Balaban J connectivity index is 5.48. The highest BCUT2D eigenvalue weighted by atomic mass is 31.2. The Morgan fingerprint density at radius 2 is 0.914 bits per heavy atom. The van der Waals surface area contributed by atoms with Crippen LogP contribution in [0.15, 0.2) is 85.1 Å².